The van der Waals surface area contributed by atoms with Crippen LogP contribution in [0.3, 0.4) is 0 Å². The molecule has 2 heteroatoms. The Hall–Kier alpha value is -1.67. The molecule has 1 saturated carbocycles. The van der Waals surface area contributed by atoms with Crippen LogP contribution in [-0.2, 0) is 5.54 Å². The van der Waals surface area contributed by atoms with Crippen LogP contribution in [0.2, 0.25) is 0 Å². The van der Waals surface area contributed by atoms with Gasteiger partial charge in [0, 0.05) is 17.8 Å². The van der Waals surface area contributed by atoms with Gasteiger partial charge in [0.1, 0.15) is 0 Å². The quantitative estimate of drug-likeness (QED) is 0.896. The largest absolute Gasteiger partial charge is 0.299 e. The number of rotatable bonds is 4. The van der Waals surface area contributed by atoms with E-state index in [-0.39, 0.29) is 11.6 Å². The minimum Gasteiger partial charge on any atom is -0.299 e. The number of hydrogen-bond acceptors (Lipinski definition) is 2. The number of nitrogens with zero attached hydrogens (tertiary/aromatic N) is 1. The first-order chi connectivity index (χ1) is 9.20. The molecule has 19 heavy (non-hydrogen) atoms. The van der Waals surface area contributed by atoms with Crippen LogP contribution >= 0.6 is 0 Å². The molecule has 1 heterocycles. The maximum Gasteiger partial charge on any atom is 0.0573 e. The predicted molar refractivity (Wildman–Crippen MR) is 77.9 cm³/mol. The van der Waals surface area contributed by atoms with Crippen molar-refractivity contribution in [2.24, 2.45) is 0 Å². The summed E-state index contributed by atoms with van der Waals surface area (Å²) in [6.45, 7) is 4.31. The van der Waals surface area contributed by atoms with E-state index in [1.165, 1.54) is 24.0 Å². The van der Waals surface area contributed by atoms with Crippen molar-refractivity contribution in [3.8, 4) is 0 Å². The van der Waals surface area contributed by atoms with Crippen molar-refractivity contribution >= 4 is 0 Å². The molecule has 0 spiro atoms. The van der Waals surface area contributed by atoms with E-state index in [0.29, 0.717) is 0 Å². The van der Waals surface area contributed by atoms with Gasteiger partial charge in [-0.3, -0.25) is 10.3 Å². The molecule has 1 aliphatic carbocycles. The number of hydrogen-bond donors (Lipinski definition) is 1. The van der Waals surface area contributed by atoms with Crippen molar-refractivity contribution in [3.63, 3.8) is 0 Å². The van der Waals surface area contributed by atoms with Crippen LogP contribution in [0.1, 0.15) is 42.6 Å². The highest BCUT2D eigenvalue weighted by Gasteiger charge is 2.44. The normalized spacial score (nSPS) is 18.0. The van der Waals surface area contributed by atoms with Crippen LogP contribution in [0.15, 0.2) is 48.7 Å². The van der Waals surface area contributed by atoms with Crippen LogP contribution < -0.4 is 5.32 Å². The Bertz CT molecular complexity index is 558. The lowest BCUT2D eigenvalue weighted by Gasteiger charge is -2.23. The molecule has 0 aliphatic heterocycles. The summed E-state index contributed by atoms with van der Waals surface area (Å²) in [7, 11) is 0. The van der Waals surface area contributed by atoms with E-state index in [1.807, 2.05) is 12.3 Å². The number of aromatic nitrogens is 1. The van der Waals surface area contributed by atoms with E-state index in [4.69, 9.17) is 0 Å². The van der Waals surface area contributed by atoms with Gasteiger partial charge in [0.2, 0.25) is 0 Å². The monoisotopic (exact) mass is 252 g/mol. The van der Waals surface area contributed by atoms with Gasteiger partial charge < -0.3 is 0 Å². The van der Waals surface area contributed by atoms with Crippen LogP contribution in [0.25, 0.3) is 0 Å². The molecule has 0 radical (unpaired) electrons. The first-order valence-electron chi connectivity index (χ1n) is 6.95. The molecule has 1 aliphatic rings. The fourth-order valence-corrected chi connectivity index (χ4v) is 2.68. The lowest BCUT2D eigenvalue weighted by atomic mass is 10.0. The third-order valence-corrected chi connectivity index (χ3v) is 3.95. The Balaban J connectivity index is 1.78. The second-order valence-corrected chi connectivity index (χ2v) is 5.57. The molecule has 2 aromatic rings. The van der Waals surface area contributed by atoms with E-state index in [9.17, 15) is 0 Å². The van der Waals surface area contributed by atoms with Gasteiger partial charge >= 0.3 is 0 Å². The third-order valence-electron chi connectivity index (χ3n) is 3.95. The Kier molecular flexibility index (Phi) is 3.11. The summed E-state index contributed by atoms with van der Waals surface area (Å²) in [6.07, 6.45) is 4.32. The maximum atomic E-state index is 4.48. The molecule has 1 atom stereocenters. The number of nitrogens with one attached hydrogen (secondary N) is 1. The van der Waals surface area contributed by atoms with Crippen LogP contribution in [0.5, 0.6) is 0 Å². The topological polar surface area (TPSA) is 24.9 Å². The molecule has 98 valence electrons. The second-order valence-electron chi connectivity index (χ2n) is 5.57. The molecule has 0 saturated heterocycles. The number of aryl methyl sites for hydroxylation is 1. The van der Waals surface area contributed by atoms with Gasteiger partial charge in [0.25, 0.3) is 0 Å². The third kappa shape index (κ3) is 2.54. The van der Waals surface area contributed by atoms with E-state index < -0.39 is 0 Å². The molecule has 0 amide bonds. The summed E-state index contributed by atoms with van der Waals surface area (Å²) in [5.41, 5.74) is 3.96. The van der Waals surface area contributed by atoms with Gasteiger partial charge in [-0.25, -0.2) is 0 Å². The zero-order valence-corrected chi connectivity index (χ0v) is 11.6. The molecule has 1 aromatic carbocycles. The molecule has 1 aromatic heterocycles. The summed E-state index contributed by atoms with van der Waals surface area (Å²) in [4.78, 5) is 4.48. The Labute approximate surface area is 114 Å². The zero-order valence-electron chi connectivity index (χ0n) is 11.6. The average molecular weight is 252 g/mol. The lowest BCUT2D eigenvalue weighted by Crippen LogP contribution is -2.31. The van der Waals surface area contributed by atoms with Crippen LogP contribution in [-0.4, -0.2) is 4.98 Å². The van der Waals surface area contributed by atoms with Gasteiger partial charge in [0.05, 0.1) is 5.69 Å². The number of benzene rings is 1. The minimum absolute atomic E-state index is 0.173. The molecule has 1 N–H and O–H groups in total. The SMILES string of the molecule is Cc1ccnc(C(C)NC2(c3ccccc3)CC2)c1. The van der Waals surface area contributed by atoms with Gasteiger partial charge in [-0.2, -0.15) is 0 Å². The van der Waals surface area contributed by atoms with Crippen molar-refractivity contribution in [2.75, 3.05) is 0 Å². The Morgan fingerprint density at radius 2 is 1.89 bits per heavy atom. The molecule has 0 bridgehead atoms. The summed E-state index contributed by atoms with van der Waals surface area (Å²) in [5.74, 6) is 0. The van der Waals surface area contributed by atoms with Gasteiger partial charge in [-0.15, -0.1) is 0 Å². The fraction of sp³-hybridized carbons (Fsp3) is 0.353. The van der Waals surface area contributed by atoms with Gasteiger partial charge in [-0.05, 0) is 49.9 Å². The molecular formula is C17H20N2. The summed E-state index contributed by atoms with van der Waals surface area (Å²) in [5, 5.41) is 3.76. The Morgan fingerprint density at radius 3 is 2.53 bits per heavy atom. The zero-order chi connectivity index (χ0) is 13.3. The first kappa shape index (κ1) is 12.4. The Morgan fingerprint density at radius 1 is 1.16 bits per heavy atom. The minimum atomic E-state index is 0.173. The summed E-state index contributed by atoms with van der Waals surface area (Å²) in [6, 6.07) is 15.2. The van der Waals surface area contributed by atoms with Gasteiger partial charge in [0.15, 0.2) is 0 Å². The van der Waals surface area contributed by atoms with Crippen LogP contribution in [0, 0.1) is 6.92 Å². The van der Waals surface area contributed by atoms with E-state index in [1.54, 1.807) is 0 Å². The van der Waals surface area contributed by atoms with Crippen molar-refractivity contribution in [1.82, 2.24) is 10.3 Å². The first-order valence-corrected chi connectivity index (χ1v) is 6.95. The standard InChI is InChI=1S/C17H20N2/c1-13-8-11-18-16(12-13)14(2)19-17(9-10-17)15-6-4-3-5-7-15/h3-8,11-12,14,19H,9-10H2,1-2H3. The van der Waals surface area contributed by atoms with E-state index in [2.05, 4.69) is 60.5 Å². The number of pyridine rings is 1. The predicted octanol–water partition coefficient (Wildman–Crippen LogP) is 3.73. The lowest BCUT2D eigenvalue weighted by molar-refractivity contribution is 0.444. The van der Waals surface area contributed by atoms with Crippen molar-refractivity contribution < 1.29 is 0 Å². The molecular weight excluding hydrogens is 232 g/mol. The fourth-order valence-electron chi connectivity index (χ4n) is 2.68. The average Bonchev–Trinajstić information content (AvgIpc) is 3.21. The highest BCUT2D eigenvalue weighted by atomic mass is 15.1. The molecule has 1 unspecified atom stereocenters. The van der Waals surface area contributed by atoms with Gasteiger partial charge in [-0.1, -0.05) is 30.3 Å². The van der Waals surface area contributed by atoms with Crippen LogP contribution in [0.4, 0.5) is 0 Å². The highest BCUT2D eigenvalue weighted by molar-refractivity contribution is 5.31. The second kappa shape index (κ2) is 4.78. The van der Waals surface area contributed by atoms with Crippen molar-refractivity contribution in [2.45, 2.75) is 38.3 Å². The van der Waals surface area contributed by atoms with E-state index >= 15 is 0 Å². The van der Waals surface area contributed by atoms with Crippen molar-refractivity contribution in [1.29, 1.82) is 0 Å². The smallest absolute Gasteiger partial charge is 0.0573 e. The highest BCUT2D eigenvalue weighted by Crippen LogP contribution is 2.46. The van der Waals surface area contributed by atoms with E-state index in [0.717, 1.165) is 5.69 Å². The van der Waals surface area contributed by atoms with Crippen molar-refractivity contribution in [3.05, 3.63) is 65.5 Å². The molecule has 2 nitrogen and oxygen atoms in total. The summed E-state index contributed by atoms with van der Waals surface area (Å²) < 4.78 is 0. The summed E-state index contributed by atoms with van der Waals surface area (Å²) >= 11 is 0. The molecule has 3 rings (SSSR count). The molecule has 1 fully saturated rings. The maximum absolute atomic E-state index is 4.48.